The van der Waals surface area contributed by atoms with Crippen molar-refractivity contribution in [2.24, 2.45) is 0 Å². The van der Waals surface area contributed by atoms with Crippen LogP contribution >= 0.6 is 0 Å². The molecule has 0 aromatic heterocycles. The van der Waals surface area contributed by atoms with Crippen LogP contribution in [-0.2, 0) is 16.4 Å². The summed E-state index contributed by atoms with van der Waals surface area (Å²) in [6.45, 7) is 3.45. The highest BCUT2D eigenvalue weighted by molar-refractivity contribution is 7.92. The number of likely N-dealkylation sites (tertiary alicyclic amines) is 1. The van der Waals surface area contributed by atoms with Crippen molar-refractivity contribution in [1.29, 1.82) is 0 Å². The Hall–Kier alpha value is -1.07. The van der Waals surface area contributed by atoms with Crippen molar-refractivity contribution in [1.82, 2.24) is 4.90 Å². The molecule has 19 heavy (non-hydrogen) atoms. The van der Waals surface area contributed by atoms with Gasteiger partial charge in [0.25, 0.3) is 0 Å². The molecule has 0 spiro atoms. The van der Waals surface area contributed by atoms with Crippen molar-refractivity contribution < 1.29 is 8.42 Å². The molecule has 0 radical (unpaired) electrons. The highest BCUT2D eigenvalue weighted by Gasteiger charge is 2.10. The van der Waals surface area contributed by atoms with Crippen LogP contribution < -0.4 is 4.72 Å². The zero-order valence-corrected chi connectivity index (χ0v) is 12.2. The monoisotopic (exact) mass is 282 g/mol. The number of piperidine rings is 1. The summed E-state index contributed by atoms with van der Waals surface area (Å²) in [6.07, 6.45) is 6.10. The van der Waals surface area contributed by atoms with Crippen LogP contribution in [0.15, 0.2) is 24.3 Å². The minimum Gasteiger partial charge on any atom is -0.303 e. The first-order chi connectivity index (χ1) is 9.03. The molecule has 0 unspecified atom stereocenters. The molecule has 0 atom stereocenters. The molecular weight excluding hydrogens is 260 g/mol. The van der Waals surface area contributed by atoms with E-state index in [2.05, 4.69) is 15.7 Å². The van der Waals surface area contributed by atoms with Gasteiger partial charge in [-0.2, -0.15) is 0 Å². The van der Waals surface area contributed by atoms with Crippen molar-refractivity contribution >= 4 is 15.7 Å². The lowest BCUT2D eigenvalue weighted by molar-refractivity contribution is 0.231. The zero-order valence-electron chi connectivity index (χ0n) is 11.4. The lowest BCUT2D eigenvalue weighted by atomic mass is 10.1. The Balaban J connectivity index is 1.91. The van der Waals surface area contributed by atoms with Gasteiger partial charge in [-0.1, -0.05) is 18.6 Å². The third-order valence-corrected chi connectivity index (χ3v) is 4.00. The molecule has 5 heteroatoms. The minimum absolute atomic E-state index is 0.652. The molecule has 1 heterocycles. The second-order valence-electron chi connectivity index (χ2n) is 5.23. The van der Waals surface area contributed by atoms with E-state index in [0.717, 1.165) is 13.0 Å². The van der Waals surface area contributed by atoms with E-state index in [1.807, 2.05) is 12.1 Å². The normalized spacial score (nSPS) is 17.3. The number of nitrogens with zero attached hydrogens (tertiary/aromatic N) is 1. The number of hydrogen-bond donors (Lipinski definition) is 1. The van der Waals surface area contributed by atoms with Gasteiger partial charge >= 0.3 is 0 Å². The van der Waals surface area contributed by atoms with Gasteiger partial charge in [0.05, 0.1) is 6.26 Å². The molecule has 1 aromatic carbocycles. The van der Waals surface area contributed by atoms with Crippen molar-refractivity contribution in [3.05, 3.63) is 29.8 Å². The van der Waals surface area contributed by atoms with E-state index in [0.29, 0.717) is 5.69 Å². The van der Waals surface area contributed by atoms with Crippen LogP contribution in [0.5, 0.6) is 0 Å². The fourth-order valence-electron chi connectivity index (χ4n) is 2.47. The second kappa shape index (κ2) is 6.39. The summed E-state index contributed by atoms with van der Waals surface area (Å²) in [5, 5.41) is 0. The molecule has 106 valence electrons. The largest absolute Gasteiger partial charge is 0.303 e. The lowest BCUT2D eigenvalue weighted by Crippen LogP contribution is -2.31. The maximum Gasteiger partial charge on any atom is 0.229 e. The molecule has 1 fully saturated rings. The van der Waals surface area contributed by atoms with Crippen molar-refractivity contribution in [2.45, 2.75) is 25.7 Å². The maximum absolute atomic E-state index is 11.2. The van der Waals surface area contributed by atoms with Gasteiger partial charge in [-0.05, 0) is 50.0 Å². The van der Waals surface area contributed by atoms with Crippen LogP contribution in [0, 0.1) is 0 Å². The van der Waals surface area contributed by atoms with Gasteiger partial charge in [-0.25, -0.2) is 8.42 Å². The third-order valence-electron chi connectivity index (χ3n) is 3.40. The van der Waals surface area contributed by atoms with Gasteiger partial charge in [0.15, 0.2) is 0 Å². The van der Waals surface area contributed by atoms with E-state index in [1.54, 1.807) is 6.07 Å². The standard InChI is InChI=1S/C14H22N2O2S/c1-19(17,18)15-14-7-5-6-13(12-14)8-11-16-9-3-2-4-10-16/h5-7,12,15H,2-4,8-11H2,1H3. The van der Waals surface area contributed by atoms with E-state index in [4.69, 9.17) is 0 Å². The summed E-state index contributed by atoms with van der Waals surface area (Å²) in [5.74, 6) is 0. The first-order valence-electron chi connectivity index (χ1n) is 6.82. The molecule has 1 aliphatic rings. The van der Waals surface area contributed by atoms with E-state index in [-0.39, 0.29) is 0 Å². The number of nitrogens with one attached hydrogen (secondary N) is 1. The highest BCUT2D eigenvalue weighted by atomic mass is 32.2. The van der Waals surface area contributed by atoms with Crippen LogP contribution in [0.1, 0.15) is 24.8 Å². The Morgan fingerprint density at radius 2 is 1.95 bits per heavy atom. The molecule has 1 saturated heterocycles. The highest BCUT2D eigenvalue weighted by Crippen LogP contribution is 2.14. The van der Waals surface area contributed by atoms with Crippen molar-refractivity contribution in [2.75, 3.05) is 30.6 Å². The number of anilines is 1. The fourth-order valence-corrected chi connectivity index (χ4v) is 3.03. The topological polar surface area (TPSA) is 49.4 Å². The van der Waals surface area contributed by atoms with Gasteiger partial charge in [0.2, 0.25) is 10.0 Å². The van der Waals surface area contributed by atoms with Gasteiger partial charge in [0, 0.05) is 12.2 Å². The predicted octanol–water partition coefficient (Wildman–Crippen LogP) is 2.09. The number of benzene rings is 1. The Kier molecular flexibility index (Phi) is 4.82. The summed E-state index contributed by atoms with van der Waals surface area (Å²) in [5.41, 5.74) is 1.83. The fraction of sp³-hybridized carbons (Fsp3) is 0.571. The van der Waals surface area contributed by atoms with E-state index in [9.17, 15) is 8.42 Å². The Bertz CT molecular complexity index is 508. The average Bonchev–Trinajstić information content (AvgIpc) is 2.36. The Morgan fingerprint density at radius 3 is 2.63 bits per heavy atom. The van der Waals surface area contributed by atoms with Crippen LogP contribution in [0.4, 0.5) is 5.69 Å². The number of rotatable bonds is 5. The third kappa shape index (κ3) is 5.20. The molecule has 0 aliphatic carbocycles. The molecule has 4 nitrogen and oxygen atoms in total. The van der Waals surface area contributed by atoms with Crippen LogP contribution in [0.2, 0.25) is 0 Å². The van der Waals surface area contributed by atoms with Gasteiger partial charge in [0.1, 0.15) is 0 Å². The molecule has 1 N–H and O–H groups in total. The molecule has 0 bridgehead atoms. The predicted molar refractivity (Wildman–Crippen MR) is 78.9 cm³/mol. The zero-order chi connectivity index (χ0) is 13.7. The second-order valence-corrected chi connectivity index (χ2v) is 6.98. The minimum atomic E-state index is -3.19. The van der Waals surface area contributed by atoms with Crippen LogP contribution in [0.3, 0.4) is 0 Å². The quantitative estimate of drug-likeness (QED) is 0.899. The lowest BCUT2D eigenvalue weighted by Gasteiger charge is -2.26. The number of hydrogen-bond acceptors (Lipinski definition) is 3. The smallest absolute Gasteiger partial charge is 0.229 e. The van der Waals surface area contributed by atoms with Gasteiger partial charge in [-0.3, -0.25) is 4.72 Å². The summed E-state index contributed by atoms with van der Waals surface area (Å²) >= 11 is 0. The summed E-state index contributed by atoms with van der Waals surface area (Å²) in [7, 11) is -3.19. The Morgan fingerprint density at radius 1 is 1.21 bits per heavy atom. The van der Waals surface area contributed by atoms with E-state index >= 15 is 0 Å². The van der Waals surface area contributed by atoms with Crippen molar-refractivity contribution in [3.63, 3.8) is 0 Å². The molecule has 1 aromatic rings. The summed E-state index contributed by atoms with van der Waals surface area (Å²) in [6, 6.07) is 7.66. The Labute approximate surface area is 115 Å². The SMILES string of the molecule is CS(=O)(=O)Nc1cccc(CCN2CCCCC2)c1. The molecule has 0 amide bonds. The average molecular weight is 282 g/mol. The van der Waals surface area contributed by atoms with Gasteiger partial charge in [-0.15, -0.1) is 0 Å². The van der Waals surface area contributed by atoms with E-state index in [1.165, 1.54) is 44.2 Å². The van der Waals surface area contributed by atoms with E-state index < -0.39 is 10.0 Å². The first kappa shape index (κ1) is 14.3. The number of sulfonamides is 1. The summed E-state index contributed by atoms with van der Waals surface area (Å²) < 4.78 is 24.9. The molecular formula is C14H22N2O2S. The molecule has 0 saturated carbocycles. The van der Waals surface area contributed by atoms with Crippen molar-refractivity contribution in [3.8, 4) is 0 Å². The molecule has 1 aliphatic heterocycles. The summed E-state index contributed by atoms with van der Waals surface area (Å²) in [4.78, 5) is 2.49. The molecule has 2 rings (SSSR count). The maximum atomic E-state index is 11.2. The van der Waals surface area contributed by atoms with Gasteiger partial charge < -0.3 is 4.90 Å². The van der Waals surface area contributed by atoms with Crippen LogP contribution in [-0.4, -0.2) is 39.2 Å². The van der Waals surface area contributed by atoms with Crippen LogP contribution in [0.25, 0.3) is 0 Å². The first-order valence-corrected chi connectivity index (χ1v) is 8.71.